The summed E-state index contributed by atoms with van der Waals surface area (Å²) in [5.41, 5.74) is 6.34. The average molecular weight is 240 g/mol. The van der Waals surface area contributed by atoms with Crippen LogP contribution in [0.3, 0.4) is 0 Å². The summed E-state index contributed by atoms with van der Waals surface area (Å²) in [7, 11) is 1.66. The fourth-order valence-electron chi connectivity index (χ4n) is 1.83. The molecule has 1 rings (SSSR count). The number of hydrogen-bond acceptors (Lipinski definition) is 4. The SMILES string of the molecule is COCC(C)Cn1nnc(C(N)=O)c1C(C)C. The van der Waals surface area contributed by atoms with Crippen LogP contribution in [0.15, 0.2) is 0 Å². The monoisotopic (exact) mass is 240 g/mol. The number of rotatable bonds is 6. The van der Waals surface area contributed by atoms with Gasteiger partial charge in [-0.2, -0.15) is 0 Å². The summed E-state index contributed by atoms with van der Waals surface area (Å²) < 4.78 is 6.82. The summed E-state index contributed by atoms with van der Waals surface area (Å²) in [6, 6.07) is 0. The van der Waals surface area contributed by atoms with E-state index in [9.17, 15) is 4.79 Å². The van der Waals surface area contributed by atoms with Crippen molar-refractivity contribution in [1.82, 2.24) is 15.0 Å². The molecule has 0 aliphatic heterocycles. The van der Waals surface area contributed by atoms with Gasteiger partial charge in [-0.1, -0.05) is 26.0 Å². The Bertz CT molecular complexity index is 387. The Kier molecular flexibility index (Phi) is 4.62. The van der Waals surface area contributed by atoms with Gasteiger partial charge in [0.05, 0.1) is 12.3 Å². The molecule has 0 aliphatic carbocycles. The zero-order chi connectivity index (χ0) is 13.0. The number of carbonyl (C=O) groups excluding carboxylic acids is 1. The highest BCUT2D eigenvalue weighted by atomic mass is 16.5. The maximum Gasteiger partial charge on any atom is 0.271 e. The Hall–Kier alpha value is -1.43. The molecule has 1 aromatic heterocycles. The molecule has 0 bridgehead atoms. The highest BCUT2D eigenvalue weighted by molar-refractivity contribution is 5.91. The van der Waals surface area contributed by atoms with Gasteiger partial charge in [0.1, 0.15) is 0 Å². The van der Waals surface area contributed by atoms with Gasteiger partial charge in [-0.15, -0.1) is 5.10 Å². The van der Waals surface area contributed by atoms with Gasteiger partial charge in [0.15, 0.2) is 5.69 Å². The summed E-state index contributed by atoms with van der Waals surface area (Å²) in [5.74, 6) is -0.0680. The lowest BCUT2D eigenvalue weighted by molar-refractivity contribution is 0.0994. The Morgan fingerprint density at radius 2 is 2.12 bits per heavy atom. The highest BCUT2D eigenvalue weighted by Crippen LogP contribution is 2.18. The molecular formula is C11H20N4O2. The smallest absolute Gasteiger partial charge is 0.271 e. The first kappa shape index (κ1) is 13.6. The van der Waals surface area contributed by atoms with Gasteiger partial charge in [0.2, 0.25) is 0 Å². The number of ether oxygens (including phenoxy) is 1. The van der Waals surface area contributed by atoms with Crippen molar-refractivity contribution >= 4 is 5.91 Å². The largest absolute Gasteiger partial charge is 0.384 e. The number of hydrogen-bond donors (Lipinski definition) is 1. The lowest BCUT2D eigenvalue weighted by atomic mass is 10.1. The Labute approximate surface area is 101 Å². The fourth-order valence-corrected chi connectivity index (χ4v) is 1.83. The van der Waals surface area contributed by atoms with Gasteiger partial charge in [0.25, 0.3) is 5.91 Å². The summed E-state index contributed by atoms with van der Waals surface area (Å²) in [6.45, 7) is 7.34. The topological polar surface area (TPSA) is 83.0 Å². The summed E-state index contributed by atoms with van der Waals surface area (Å²) in [4.78, 5) is 11.2. The van der Waals surface area contributed by atoms with E-state index in [1.807, 2.05) is 13.8 Å². The Balaban J connectivity index is 2.96. The van der Waals surface area contributed by atoms with Crippen LogP contribution in [0.5, 0.6) is 0 Å². The van der Waals surface area contributed by atoms with E-state index in [1.165, 1.54) is 0 Å². The minimum atomic E-state index is -0.528. The fraction of sp³-hybridized carbons (Fsp3) is 0.727. The van der Waals surface area contributed by atoms with E-state index >= 15 is 0 Å². The maximum atomic E-state index is 11.2. The van der Waals surface area contributed by atoms with Gasteiger partial charge in [0, 0.05) is 13.7 Å². The van der Waals surface area contributed by atoms with Crippen LogP contribution in [0.25, 0.3) is 0 Å². The molecule has 1 amide bonds. The van der Waals surface area contributed by atoms with Gasteiger partial charge < -0.3 is 10.5 Å². The van der Waals surface area contributed by atoms with Crippen LogP contribution in [0, 0.1) is 5.92 Å². The third-order valence-electron chi connectivity index (χ3n) is 2.49. The number of primary amides is 1. The zero-order valence-corrected chi connectivity index (χ0v) is 10.8. The van der Waals surface area contributed by atoms with Crippen molar-refractivity contribution in [1.29, 1.82) is 0 Å². The molecule has 0 radical (unpaired) electrons. The first-order chi connectivity index (χ1) is 7.97. The van der Waals surface area contributed by atoms with Gasteiger partial charge in [-0.3, -0.25) is 4.79 Å². The lowest BCUT2D eigenvalue weighted by Gasteiger charge is -2.14. The van der Waals surface area contributed by atoms with Gasteiger partial charge in [-0.25, -0.2) is 4.68 Å². The molecule has 1 unspecified atom stereocenters. The lowest BCUT2D eigenvalue weighted by Crippen LogP contribution is -2.19. The number of methoxy groups -OCH3 is 1. The minimum absolute atomic E-state index is 0.155. The number of nitrogens with zero attached hydrogens (tertiary/aromatic N) is 3. The second kappa shape index (κ2) is 5.77. The maximum absolute atomic E-state index is 11.2. The van der Waals surface area contributed by atoms with Crippen LogP contribution < -0.4 is 5.73 Å². The van der Waals surface area contributed by atoms with Crippen LogP contribution in [0.1, 0.15) is 42.9 Å². The van der Waals surface area contributed by atoms with Crippen molar-refractivity contribution < 1.29 is 9.53 Å². The van der Waals surface area contributed by atoms with Crippen LogP contribution >= 0.6 is 0 Å². The molecule has 0 fully saturated rings. The van der Waals surface area contributed by atoms with Crippen LogP contribution in [-0.2, 0) is 11.3 Å². The van der Waals surface area contributed by atoms with Crippen LogP contribution in [-0.4, -0.2) is 34.6 Å². The molecule has 1 heterocycles. The highest BCUT2D eigenvalue weighted by Gasteiger charge is 2.20. The van der Waals surface area contributed by atoms with E-state index in [4.69, 9.17) is 10.5 Å². The number of carbonyl (C=O) groups is 1. The van der Waals surface area contributed by atoms with E-state index in [0.29, 0.717) is 19.1 Å². The Morgan fingerprint density at radius 3 is 2.59 bits per heavy atom. The van der Waals surface area contributed by atoms with Crippen LogP contribution in [0.2, 0.25) is 0 Å². The van der Waals surface area contributed by atoms with Crippen molar-refractivity contribution in [2.45, 2.75) is 33.2 Å². The Morgan fingerprint density at radius 1 is 1.47 bits per heavy atom. The molecule has 0 spiro atoms. The van der Waals surface area contributed by atoms with E-state index in [-0.39, 0.29) is 11.6 Å². The summed E-state index contributed by atoms with van der Waals surface area (Å²) in [5, 5.41) is 7.84. The quantitative estimate of drug-likeness (QED) is 0.796. The second-order valence-electron chi connectivity index (χ2n) is 4.58. The molecule has 6 nitrogen and oxygen atoms in total. The minimum Gasteiger partial charge on any atom is -0.384 e. The van der Waals surface area contributed by atoms with Gasteiger partial charge >= 0.3 is 0 Å². The van der Waals surface area contributed by atoms with Crippen molar-refractivity contribution in [2.75, 3.05) is 13.7 Å². The van der Waals surface area contributed by atoms with E-state index in [0.717, 1.165) is 5.69 Å². The van der Waals surface area contributed by atoms with E-state index in [2.05, 4.69) is 17.2 Å². The van der Waals surface area contributed by atoms with Crippen LogP contribution in [0.4, 0.5) is 0 Å². The molecule has 0 aliphatic rings. The molecule has 0 aromatic carbocycles. The average Bonchev–Trinajstić information content (AvgIpc) is 2.61. The number of amides is 1. The number of aromatic nitrogens is 3. The standard InChI is InChI=1S/C11H20N4O2/c1-7(2)10-9(11(12)16)13-14-15(10)5-8(3)6-17-4/h7-8H,5-6H2,1-4H3,(H2,12,16). The molecule has 2 N–H and O–H groups in total. The van der Waals surface area contributed by atoms with Gasteiger partial charge in [-0.05, 0) is 11.8 Å². The van der Waals surface area contributed by atoms with Crippen molar-refractivity contribution in [3.8, 4) is 0 Å². The van der Waals surface area contributed by atoms with Crippen molar-refractivity contribution in [2.24, 2.45) is 11.7 Å². The van der Waals surface area contributed by atoms with Crippen molar-refractivity contribution in [3.63, 3.8) is 0 Å². The van der Waals surface area contributed by atoms with E-state index < -0.39 is 5.91 Å². The number of nitrogens with two attached hydrogens (primary N) is 1. The molecule has 17 heavy (non-hydrogen) atoms. The predicted octanol–water partition coefficient (Wildman–Crippen LogP) is 0.783. The predicted molar refractivity (Wildman–Crippen MR) is 63.7 cm³/mol. The van der Waals surface area contributed by atoms with E-state index in [1.54, 1.807) is 11.8 Å². The molecule has 0 saturated carbocycles. The first-order valence-electron chi connectivity index (χ1n) is 5.69. The third kappa shape index (κ3) is 3.26. The summed E-state index contributed by atoms with van der Waals surface area (Å²) >= 11 is 0. The molecule has 1 atom stereocenters. The van der Waals surface area contributed by atoms with Crippen molar-refractivity contribution in [3.05, 3.63) is 11.4 Å². The first-order valence-corrected chi connectivity index (χ1v) is 5.69. The molecule has 0 saturated heterocycles. The second-order valence-corrected chi connectivity index (χ2v) is 4.58. The third-order valence-corrected chi connectivity index (χ3v) is 2.49. The normalized spacial score (nSPS) is 13.0. The molecular weight excluding hydrogens is 220 g/mol. The molecule has 96 valence electrons. The zero-order valence-electron chi connectivity index (χ0n) is 10.8. The molecule has 6 heteroatoms. The summed E-state index contributed by atoms with van der Waals surface area (Å²) in [6.07, 6.45) is 0. The molecule has 1 aromatic rings.